The Morgan fingerprint density at radius 2 is 1.92 bits per heavy atom. The Kier molecular flexibility index (Phi) is 6.53. The molecule has 2 aromatic rings. The summed E-state index contributed by atoms with van der Waals surface area (Å²) in [5.41, 5.74) is 1.67. The zero-order valence-corrected chi connectivity index (χ0v) is 15.8. The second-order valence-corrected chi connectivity index (χ2v) is 7.06. The van der Waals surface area contributed by atoms with Crippen LogP contribution in [0.25, 0.3) is 0 Å². The maximum absolute atomic E-state index is 12.5. The molecule has 0 bridgehead atoms. The van der Waals surface area contributed by atoms with Gasteiger partial charge in [-0.1, -0.05) is 36.7 Å². The number of carbonyl (C=O) groups is 1. The average molecular weight is 373 g/mol. The third kappa shape index (κ3) is 5.23. The summed E-state index contributed by atoms with van der Waals surface area (Å²) in [5.74, 6) is 0.658. The van der Waals surface area contributed by atoms with Gasteiger partial charge in [-0.2, -0.15) is 0 Å². The smallest absolute Gasteiger partial charge is 0.251 e. The molecule has 1 amide bonds. The van der Waals surface area contributed by atoms with Crippen LogP contribution >= 0.6 is 11.6 Å². The lowest BCUT2D eigenvalue weighted by atomic mass is 10.0. The van der Waals surface area contributed by atoms with Crippen LogP contribution in [-0.2, 0) is 6.61 Å². The maximum Gasteiger partial charge on any atom is 0.251 e. The zero-order valence-electron chi connectivity index (χ0n) is 15.1. The predicted octanol–water partition coefficient (Wildman–Crippen LogP) is 4.13. The van der Waals surface area contributed by atoms with Gasteiger partial charge in [0.15, 0.2) is 0 Å². The summed E-state index contributed by atoms with van der Waals surface area (Å²) in [6.07, 6.45) is 2.01. The van der Waals surface area contributed by atoms with Crippen molar-refractivity contribution < 1.29 is 9.53 Å². The number of halogens is 1. The fourth-order valence-corrected chi connectivity index (χ4v) is 3.26. The van der Waals surface area contributed by atoms with Gasteiger partial charge in [0.25, 0.3) is 5.91 Å². The van der Waals surface area contributed by atoms with Crippen LogP contribution in [-0.4, -0.2) is 36.5 Å². The molecule has 3 rings (SSSR count). The van der Waals surface area contributed by atoms with E-state index in [1.165, 1.54) is 0 Å². The Labute approximate surface area is 160 Å². The van der Waals surface area contributed by atoms with Crippen molar-refractivity contribution in [3.63, 3.8) is 0 Å². The van der Waals surface area contributed by atoms with Gasteiger partial charge in [0.05, 0.1) is 0 Å². The van der Waals surface area contributed by atoms with Crippen LogP contribution in [0.4, 0.5) is 0 Å². The summed E-state index contributed by atoms with van der Waals surface area (Å²) in [7, 11) is 0. The molecule has 1 heterocycles. The summed E-state index contributed by atoms with van der Waals surface area (Å²) >= 11 is 5.89. The Balaban J connectivity index is 1.54. The van der Waals surface area contributed by atoms with E-state index in [-0.39, 0.29) is 11.9 Å². The van der Waals surface area contributed by atoms with Gasteiger partial charge in [-0.05, 0) is 55.3 Å². The van der Waals surface area contributed by atoms with Gasteiger partial charge in [-0.25, -0.2) is 0 Å². The largest absolute Gasteiger partial charge is 0.489 e. The number of nitrogens with one attached hydrogen (secondary N) is 1. The quantitative estimate of drug-likeness (QED) is 0.828. The van der Waals surface area contributed by atoms with E-state index in [1.807, 2.05) is 42.5 Å². The monoisotopic (exact) mass is 372 g/mol. The number of hydrogen-bond acceptors (Lipinski definition) is 3. The lowest BCUT2D eigenvalue weighted by Crippen LogP contribution is -2.44. The van der Waals surface area contributed by atoms with Crippen molar-refractivity contribution in [3.05, 3.63) is 64.7 Å². The van der Waals surface area contributed by atoms with Gasteiger partial charge in [-0.3, -0.25) is 4.79 Å². The first-order valence-corrected chi connectivity index (χ1v) is 9.52. The molecule has 0 atom stereocenters. The van der Waals surface area contributed by atoms with E-state index in [9.17, 15) is 4.79 Å². The molecule has 1 N–H and O–H groups in total. The number of likely N-dealkylation sites (tertiary alicyclic amines) is 1. The van der Waals surface area contributed by atoms with Crippen molar-refractivity contribution in [2.24, 2.45) is 0 Å². The highest BCUT2D eigenvalue weighted by atomic mass is 35.5. The van der Waals surface area contributed by atoms with E-state index in [0.29, 0.717) is 22.9 Å². The molecule has 2 aromatic carbocycles. The molecular weight excluding hydrogens is 348 g/mol. The second kappa shape index (κ2) is 9.06. The fourth-order valence-electron chi connectivity index (χ4n) is 3.14. The first-order valence-electron chi connectivity index (χ1n) is 9.14. The van der Waals surface area contributed by atoms with E-state index in [0.717, 1.165) is 38.0 Å². The number of hydrogen-bond donors (Lipinski definition) is 1. The molecule has 1 saturated heterocycles. The van der Waals surface area contributed by atoms with Gasteiger partial charge in [0, 0.05) is 29.7 Å². The third-order valence-electron chi connectivity index (χ3n) is 4.78. The molecule has 5 heteroatoms. The van der Waals surface area contributed by atoms with Crippen LogP contribution in [0.5, 0.6) is 5.75 Å². The van der Waals surface area contributed by atoms with Crippen LogP contribution in [0.3, 0.4) is 0 Å². The highest BCUT2D eigenvalue weighted by molar-refractivity contribution is 6.30. The number of piperidine rings is 1. The van der Waals surface area contributed by atoms with Crippen molar-refractivity contribution >= 4 is 17.5 Å². The van der Waals surface area contributed by atoms with Crippen LogP contribution in [0.2, 0.25) is 5.02 Å². The number of rotatable bonds is 6. The molecule has 0 aliphatic carbocycles. The van der Waals surface area contributed by atoms with E-state index < -0.39 is 0 Å². The summed E-state index contributed by atoms with van der Waals surface area (Å²) in [4.78, 5) is 14.9. The minimum absolute atomic E-state index is 0.0307. The molecule has 1 aliphatic rings. The first kappa shape index (κ1) is 18.7. The van der Waals surface area contributed by atoms with E-state index >= 15 is 0 Å². The first-order chi connectivity index (χ1) is 12.6. The minimum Gasteiger partial charge on any atom is -0.489 e. The lowest BCUT2D eigenvalue weighted by molar-refractivity contribution is 0.0912. The van der Waals surface area contributed by atoms with E-state index in [1.54, 1.807) is 6.07 Å². The van der Waals surface area contributed by atoms with Crippen molar-refractivity contribution in [2.75, 3.05) is 19.6 Å². The lowest BCUT2D eigenvalue weighted by Gasteiger charge is -2.31. The van der Waals surface area contributed by atoms with E-state index in [4.69, 9.17) is 16.3 Å². The average Bonchev–Trinajstić information content (AvgIpc) is 2.68. The molecule has 0 saturated carbocycles. The minimum atomic E-state index is -0.0307. The number of amides is 1. The number of ether oxygens (including phenoxy) is 1. The van der Waals surface area contributed by atoms with Crippen LogP contribution in [0, 0.1) is 0 Å². The molecule has 0 radical (unpaired) electrons. The highest BCUT2D eigenvalue weighted by Crippen LogP contribution is 2.17. The third-order valence-corrected chi connectivity index (χ3v) is 5.04. The molecule has 0 aromatic heterocycles. The predicted molar refractivity (Wildman–Crippen MR) is 105 cm³/mol. The van der Waals surface area contributed by atoms with Crippen molar-refractivity contribution in [3.8, 4) is 5.75 Å². The molecule has 0 spiro atoms. The van der Waals surface area contributed by atoms with Crippen molar-refractivity contribution in [1.82, 2.24) is 10.2 Å². The summed E-state index contributed by atoms with van der Waals surface area (Å²) in [6.45, 7) is 5.79. The summed E-state index contributed by atoms with van der Waals surface area (Å²) < 4.78 is 5.81. The van der Waals surface area contributed by atoms with E-state index in [2.05, 4.69) is 17.1 Å². The molecule has 26 heavy (non-hydrogen) atoms. The Morgan fingerprint density at radius 3 is 2.62 bits per heavy atom. The fraction of sp³-hybridized carbons (Fsp3) is 0.381. The van der Waals surface area contributed by atoms with Gasteiger partial charge < -0.3 is 15.0 Å². The SMILES string of the molecule is CCN1CCC(NC(=O)c2cccc(OCc3ccc(Cl)cc3)c2)CC1. The molecule has 4 nitrogen and oxygen atoms in total. The van der Waals surface area contributed by atoms with Crippen molar-refractivity contribution in [2.45, 2.75) is 32.4 Å². The highest BCUT2D eigenvalue weighted by Gasteiger charge is 2.20. The van der Waals surface area contributed by atoms with Crippen LogP contribution in [0.1, 0.15) is 35.7 Å². The summed E-state index contributed by atoms with van der Waals surface area (Å²) in [5, 5.41) is 3.86. The number of nitrogens with zero attached hydrogens (tertiary/aromatic N) is 1. The van der Waals surface area contributed by atoms with Crippen molar-refractivity contribution in [1.29, 1.82) is 0 Å². The Bertz CT molecular complexity index is 725. The molecular formula is C21H25ClN2O2. The van der Waals surface area contributed by atoms with Gasteiger partial charge in [0.2, 0.25) is 0 Å². The molecule has 1 fully saturated rings. The molecule has 138 valence electrons. The second-order valence-electron chi connectivity index (χ2n) is 6.62. The zero-order chi connectivity index (χ0) is 18.4. The number of benzene rings is 2. The Morgan fingerprint density at radius 1 is 1.19 bits per heavy atom. The van der Waals surface area contributed by atoms with Gasteiger partial charge >= 0.3 is 0 Å². The summed E-state index contributed by atoms with van der Waals surface area (Å²) in [6, 6.07) is 15.1. The number of carbonyl (C=O) groups excluding carboxylic acids is 1. The molecule has 0 unspecified atom stereocenters. The normalized spacial score (nSPS) is 15.6. The molecule has 1 aliphatic heterocycles. The maximum atomic E-state index is 12.5. The van der Waals surface area contributed by atoms with Crippen LogP contribution < -0.4 is 10.1 Å². The van der Waals surface area contributed by atoms with Crippen LogP contribution in [0.15, 0.2) is 48.5 Å². The standard InChI is InChI=1S/C21H25ClN2O2/c1-2-24-12-10-19(11-13-24)23-21(25)17-4-3-5-20(14-17)26-15-16-6-8-18(22)9-7-16/h3-9,14,19H,2,10-13,15H2,1H3,(H,23,25). The Hall–Kier alpha value is -2.04. The van der Waals surface area contributed by atoms with Gasteiger partial charge in [-0.15, -0.1) is 0 Å². The topological polar surface area (TPSA) is 41.6 Å². The van der Waals surface area contributed by atoms with Gasteiger partial charge in [0.1, 0.15) is 12.4 Å².